The maximum Gasteiger partial charge on any atom is 0.130 e. The van der Waals surface area contributed by atoms with E-state index in [-0.39, 0.29) is 0 Å². The molecule has 1 N–H and O–H groups in total. The summed E-state index contributed by atoms with van der Waals surface area (Å²) in [5.41, 5.74) is -0.505. The second kappa shape index (κ2) is 6.13. The predicted molar refractivity (Wildman–Crippen MR) is 80.9 cm³/mol. The van der Waals surface area contributed by atoms with Crippen LogP contribution in [0.5, 0.6) is 0 Å². The molecule has 0 aliphatic rings. The minimum absolute atomic E-state index is 0.364. The van der Waals surface area contributed by atoms with Crippen molar-refractivity contribution in [3.05, 3.63) is 52.6 Å². The fraction of sp³-hybridized carbons (Fsp3) is 0.400. The molecule has 2 aromatic rings. The van der Waals surface area contributed by atoms with E-state index in [1.807, 2.05) is 19.0 Å². The Hall–Kier alpha value is -1.43. The number of hydrogen-bond donors (Lipinski definition) is 1. The summed E-state index contributed by atoms with van der Waals surface area (Å²) >= 11 is 6.18. The summed E-state index contributed by atoms with van der Waals surface area (Å²) in [7, 11) is 3.91. The highest BCUT2D eigenvalue weighted by molar-refractivity contribution is 6.31. The predicted octanol–water partition coefficient (Wildman–Crippen LogP) is 2.49. The molecule has 2 rings (SSSR count). The summed E-state index contributed by atoms with van der Waals surface area (Å²) in [4.78, 5) is 2.01. The molecule has 114 valence electrons. The SMILES string of the molecule is CN(C)CCn1ncc(Cl)c1C(C)(O)c1cccc(F)c1. The highest BCUT2D eigenvalue weighted by Gasteiger charge is 2.32. The molecule has 21 heavy (non-hydrogen) atoms. The summed E-state index contributed by atoms with van der Waals surface area (Å²) in [6.07, 6.45) is 1.50. The molecule has 1 aromatic heterocycles. The topological polar surface area (TPSA) is 41.3 Å². The third-order valence-electron chi connectivity index (χ3n) is 3.40. The first-order chi connectivity index (χ1) is 9.82. The maximum absolute atomic E-state index is 13.4. The molecule has 1 heterocycles. The van der Waals surface area contributed by atoms with E-state index in [1.54, 1.807) is 23.7 Å². The van der Waals surface area contributed by atoms with Gasteiger partial charge in [0.15, 0.2) is 0 Å². The summed E-state index contributed by atoms with van der Waals surface area (Å²) in [6, 6.07) is 5.88. The lowest BCUT2D eigenvalue weighted by Crippen LogP contribution is -2.29. The van der Waals surface area contributed by atoms with Crippen molar-refractivity contribution in [2.45, 2.75) is 19.1 Å². The van der Waals surface area contributed by atoms with Gasteiger partial charge in [0, 0.05) is 6.54 Å². The zero-order chi connectivity index (χ0) is 15.6. The van der Waals surface area contributed by atoms with E-state index in [0.29, 0.717) is 22.8 Å². The molecule has 4 nitrogen and oxygen atoms in total. The number of aromatic nitrogens is 2. The molecule has 1 unspecified atom stereocenters. The van der Waals surface area contributed by atoms with Crippen LogP contribution < -0.4 is 0 Å². The van der Waals surface area contributed by atoms with Crippen molar-refractivity contribution in [3.63, 3.8) is 0 Å². The van der Waals surface area contributed by atoms with E-state index in [4.69, 9.17) is 11.6 Å². The number of hydrogen-bond acceptors (Lipinski definition) is 3. The number of benzene rings is 1. The van der Waals surface area contributed by atoms with E-state index in [0.717, 1.165) is 6.54 Å². The van der Waals surface area contributed by atoms with Crippen LogP contribution in [0.3, 0.4) is 0 Å². The summed E-state index contributed by atoms with van der Waals surface area (Å²) in [5, 5.41) is 15.4. The molecule has 0 aliphatic carbocycles. The molecule has 0 aliphatic heterocycles. The first-order valence-corrected chi connectivity index (χ1v) is 7.05. The maximum atomic E-state index is 13.4. The molecule has 0 saturated heterocycles. The van der Waals surface area contributed by atoms with Crippen molar-refractivity contribution < 1.29 is 9.50 Å². The Morgan fingerprint density at radius 3 is 2.76 bits per heavy atom. The normalized spacial score (nSPS) is 14.4. The zero-order valence-corrected chi connectivity index (χ0v) is 13.1. The van der Waals surface area contributed by atoms with Gasteiger partial charge in [-0.2, -0.15) is 5.10 Å². The first-order valence-electron chi connectivity index (χ1n) is 6.67. The minimum Gasteiger partial charge on any atom is -0.379 e. The lowest BCUT2D eigenvalue weighted by Gasteiger charge is -2.26. The Morgan fingerprint density at radius 1 is 1.43 bits per heavy atom. The van der Waals surface area contributed by atoms with Gasteiger partial charge in [-0.25, -0.2) is 4.39 Å². The molecular weight excluding hydrogens is 293 g/mol. The number of nitrogens with zero attached hydrogens (tertiary/aromatic N) is 3. The third-order valence-corrected chi connectivity index (χ3v) is 3.68. The van der Waals surface area contributed by atoms with Gasteiger partial charge in [0.25, 0.3) is 0 Å². The molecule has 0 fully saturated rings. The van der Waals surface area contributed by atoms with Gasteiger partial charge in [0.05, 0.1) is 23.5 Å². The van der Waals surface area contributed by atoms with E-state index < -0.39 is 11.4 Å². The van der Waals surface area contributed by atoms with Crippen molar-refractivity contribution in [2.24, 2.45) is 0 Å². The number of likely N-dealkylation sites (N-methyl/N-ethyl adjacent to an activating group) is 1. The fourth-order valence-electron chi connectivity index (χ4n) is 2.24. The van der Waals surface area contributed by atoms with Gasteiger partial charge in [-0.15, -0.1) is 0 Å². The van der Waals surface area contributed by atoms with Crippen molar-refractivity contribution in [1.29, 1.82) is 0 Å². The van der Waals surface area contributed by atoms with Crippen LogP contribution in [-0.4, -0.2) is 40.4 Å². The average molecular weight is 312 g/mol. The molecule has 6 heteroatoms. The van der Waals surface area contributed by atoms with Gasteiger partial charge >= 0.3 is 0 Å². The molecule has 0 spiro atoms. The summed E-state index contributed by atoms with van der Waals surface area (Å²) in [6.45, 7) is 2.93. The van der Waals surface area contributed by atoms with Crippen LogP contribution in [0.1, 0.15) is 18.2 Å². The van der Waals surface area contributed by atoms with Crippen molar-refractivity contribution in [2.75, 3.05) is 20.6 Å². The van der Waals surface area contributed by atoms with Crippen molar-refractivity contribution in [3.8, 4) is 0 Å². The van der Waals surface area contributed by atoms with Gasteiger partial charge in [-0.1, -0.05) is 23.7 Å². The zero-order valence-electron chi connectivity index (χ0n) is 12.3. The van der Waals surface area contributed by atoms with Crippen LogP contribution >= 0.6 is 11.6 Å². The second-order valence-corrected chi connectivity index (χ2v) is 5.86. The average Bonchev–Trinajstić information content (AvgIpc) is 2.78. The van der Waals surface area contributed by atoms with Crippen molar-refractivity contribution >= 4 is 11.6 Å². The Morgan fingerprint density at radius 2 is 2.14 bits per heavy atom. The van der Waals surface area contributed by atoms with E-state index in [1.165, 1.54) is 18.3 Å². The number of rotatable bonds is 5. The lowest BCUT2D eigenvalue weighted by atomic mass is 9.92. The van der Waals surface area contributed by atoms with Crippen LogP contribution in [0.4, 0.5) is 4.39 Å². The Bertz CT molecular complexity index is 625. The summed E-state index contributed by atoms with van der Waals surface area (Å²) < 4.78 is 15.1. The molecular formula is C15H19ClFN3O. The smallest absolute Gasteiger partial charge is 0.130 e. The Labute approximate surface area is 128 Å². The molecule has 0 radical (unpaired) electrons. The molecule has 1 atom stereocenters. The van der Waals surface area contributed by atoms with Crippen LogP contribution in [0.25, 0.3) is 0 Å². The first kappa shape index (κ1) is 15.9. The lowest BCUT2D eigenvalue weighted by molar-refractivity contribution is 0.0906. The van der Waals surface area contributed by atoms with Gasteiger partial charge in [-0.05, 0) is 38.7 Å². The van der Waals surface area contributed by atoms with Crippen LogP contribution in [0.15, 0.2) is 30.5 Å². The van der Waals surface area contributed by atoms with Gasteiger partial charge in [0.1, 0.15) is 11.4 Å². The van der Waals surface area contributed by atoms with E-state index >= 15 is 0 Å². The van der Waals surface area contributed by atoms with Crippen LogP contribution in [0.2, 0.25) is 5.02 Å². The highest BCUT2D eigenvalue weighted by Crippen LogP contribution is 2.34. The third kappa shape index (κ3) is 3.43. The second-order valence-electron chi connectivity index (χ2n) is 5.45. The van der Waals surface area contributed by atoms with Gasteiger partial charge in [0.2, 0.25) is 0 Å². The monoisotopic (exact) mass is 311 g/mol. The number of aliphatic hydroxyl groups is 1. The van der Waals surface area contributed by atoms with Crippen LogP contribution in [-0.2, 0) is 12.1 Å². The summed E-state index contributed by atoms with van der Waals surface area (Å²) in [5.74, 6) is -0.400. The molecule has 1 aromatic carbocycles. The quantitative estimate of drug-likeness (QED) is 0.922. The van der Waals surface area contributed by atoms with Crippen LogP contribution in [0, 0.1) is 5.82 Å². The molecule has 0 amide bonds. The van der Waals surface area contributed by atoms with E-state index in [2.05, 4.69) is 5.10 Å². The van der Waals surface area contributed by atoms with Gasteiger partial charge in [-0.3, -0.25) is 4.68 Å². The Kier molecular flexibility index (Phi) is 4.66. The van der Waals surface area contributed by atoms with Gasteiger partial charge < -0.3 is 10.0 Å². The Balaban J connectivity index is 2.42. The standard InChI is InChI=1S/C15H19ClFN3O/c1-15(21,11-5-4-6-12(17)9-11)14-13(16)10-18-20(14)8-7-19(2)3/h4-6,9-10,21H,7-8H2,1-3H3. The van der Waals surface area contributed by atoms with Crippen molar-refractivity contribution in [1.82, 2.24) is 14.7 Å². The minimum atomic E-state index is -1.41. The highest BCUT2D eigenvalue weighted by atomic mass is 35.5. The largest absolute Gasteiger partial charge is 0.379 e. The molecule has 0 bridgehead atoms. The fourth-order valence-corrected chi connectivity index (χ4v) is 2.56. The molecule has 0 saturated carbocycles. The number of halogens is 2. The van der Waals surface area contributed by atoms with E-state index in [9.17, 15) is 9.50 Å².